The molecule has 49 heavy (non-hydrogen) atoms. The van der Waals surface area contributed by atoms with Crippen LogP contribution < -0.4 is 10.6 Å². The van der Waals surface area contributed by atoms with Crippen molar-refractivity contribution < 1.29 is 18.4 Å². The molecule has 12 nitrogen and oxygen atoms in total. The number of hydrogen-bond donors (Lipinski definition) is 3. The number of nitrogens with zero attached hydrogens (tertiary/aromatic N) is 6. The molecule has 4 atom stereocenters. The van der Waals surface area contributed by atoms with Crippen LogP contribution in [0.5, 0.6) is 0 Å². The van der Waals surface area contributed by atoms with E-state index in [0.717, 1.165) is 16.8 Å². The maximum atomic E-state index is 9.93. The first-order valence-corrected chi connectivity index (χ1v) is 19.3. The Hall–Kier alpha value is -3.98. The van der Waals surface area contributed by atoms with E-state index < -0.39 is 20.5 Å². The van der Waals surface area contributed by atoms with Crippen molar-refractivity contribution in [2.45, 2.75) is 105 Å². The molecule has 4 aromatic rings. The summed E-state index contributed by atoms with van der Waals surface area (Å²) in [7, 11) is -2.01. The monoisotopic (exact) mass is 726 g/mol. The molecule has 0 radical (unpaired) electrons. The molecule has 3 N–H and O–H groups in total. The highest BCUT2D eigenvalue weighted by Crippen LogP contribution is 2.40. The largest absolute Gasteiger partial charge is 0.423 e. The molecule has 0 bridgehead atoms. The first kappa shape index (κ1) is 39.5. The van der Waals surface area contributed by atoms with E-state index in [2.05, 4.69) is 74.6 Å². The van der Waals surface area contributed by atoms with Gasteiger partial charge in [0.1, 0.15) is 12.1 Å². The predicted molar refractivity (Wildman–Crippen MR) is 195 cm³/mol. The number of halogens is 2. The predicted octanol–water partition coefficient (Wildman–Crippen LogP) is 9.88. The van der Waals surface area contributed by atoms with Gasteiger partial charge in [0.15, 0.2) is 8.32 Å². The molecular formula is C34H44Cl2N8O4Si. The molecule has 0 fully saturated rings. The molecule has 2 aromatic carbocycles. The Labute approximate surface area is 299 Å². The number of aliphatic hydroxyl groups is 1. The molecule has 0 saturated heterocycles. The second-order valence-corrected chi connectivity index (χ2v) is 18.8. The minimum atomic E-state index is -2.01. The standard InChI is InChI=1S/C20H29ClN4O2Si.C14H15ClN4O2/c1-12-15(10-11-16(22-7)17(12)21)23-18(19-25-24-14(3)26-19)13(2)27-28(8,9)20(4,5)6;1-7-10(5-6-11(16-4)12(7)15)17-13(8(2)20)14-19-18-9(3)21-14/h10-11,13,18,23H,1-6,8-9H3;5-6,8,13,17,20H,1-3H3/t13-,18+;8-,13+/m00/s1. The van der Waals surface area contributed by atoms with Crippen LogP contribution in [0.4, 0.5) is 22.7 Å². The SMILES string of the molecule is [C-]#[N+]c1ccc(N[C@@H](c2nnc(C)o2)[C@H](C)O)c(C)c1Cl.[C-]#[N+]c1ccc(N[C@@H](c2nnc(C)o2)[C@H](C)O[Si](C)(C)C(C)(C)C)c(C)c1Cl. The van der Waals surface area contributed by atoms with Gasteiger partial charge in [-0.05, 0) is 69.1 Å². The Morgan fingerprint density at radius 2 is 1.18 bits per heavy atom. The summed E-state index contributed by atoms with van der Waals surface area (Å²) < 4.78 is 17.7. The van der Waals surface area contributed by atoms with Gasteiger partial charge in [0.2, 0.25) is 34.9 Å². The van der Waals surface area contributed by atoms with Crippen LogP contribution in [0.15, 0.2) is 33.1 Å². The van der Waals surface area contributed by atoms with Crippen molar-refractivity contribution in [3.63, 3.8) is 0 Å². The zero-order valence-corrected chi connectivity index (χ0v) is 32.2. The van der Waals surface area contributed by atoms with Crippen molar-refractivity contribution in [1.29, 1.82) is 0 Å². The number of anilines is 2. The number of rotatable bonds is 10. The fourth-order valence-electron chi connectivity index (χ4n) is 4.52. The Morgan fingerprint density at radius 1 is 0.776 bits per heavy atom. The molecule has 15 heteroatoms. The van der Waals surface area contributed by atoms with E-state index in [-0.39, 0.29) is 17.2 Å². The summed E-state index contributed by atoms with van der Waals surface area (Å²) in [5, 5.41) is 33.3. The Bertz CT molecular complexity index is 1840. The average molecular weight is 728 g/mol. The quantitative estimate of drug-likeness (QED) is 0.107. The van der Waals surface area contributed by atoms with Gasteiger partial charge in [-0.25, -0.2) is 9.69 Å². The third-order valence-electron chi connectivity index (χ3n) is 8.45. The number of aryl methyl sites for hydroxylation is 2. The Balaban J connectivity index is 0.000000276. The van der Waals surface area contributed by atoms with E-state index in [0.29, 0.717) is 50.7 Å². The number of aromatic nitrogens is 4. The summed E-state index contributed by atoms with van der Waals surface area (Å²) in [6.07, 6.45) is -0.956. The third-order valence-corrected chi connectivity index (χ3v) is 14.0. The smallest absolute Gasteiger partial charge is 0.241 e. The zero-order valence-electron chi connectivity index (χ0n) is 29.7. The van der Waals surface area contributed by atoms with Gasteiger partial charge < -0.3 is 29.0 Å². The van der Waals surface area contributed by atoms with E-state index in [1.165, 1.54) is 0 Å². The van der Waals surface area contributed by atoms with Crippen molar-refractivity contribution in [2.75, 3.05) is 10.6 Å². The van der Waals surface area contributed by atoms with Crippen LogP contribution >= 0.6 is 23.2 Å². The van der Waals surface area contributed by atoms with Gasteiger partial charge in [0, 0.05) is 25.2 Å². The van der Waals surface area contributed by atoms with Gasteiger partial charge in [-0.3, -0.25) is 0 Å². The van der Waals surface area contributed by atoms with Crippen LogP contribution in [0.3, 0.4) is 0 Å². The number of hydrogen-bond acceptors (Lipinski definition) is 10. The van der Waals surface area contributed by atoms with Gasteiger partial charge in [0.25, 0.3) is 0 Å². The fraction of sp³-hybridized carbons (Fsp3) is 0.471. The molecule has 0 aliphatic rings. The van der Waals surface area contributed by atoms with Gasteiger partial charge in [-0.2, -0.15) is 0 Å². The summed E-state index contributed by atoms with van der Waals surface area (Å²) in [5.41, 5.74) is 3.86. The van der Waals surface area contributed by atoms with E-state index >= 15 is 0 Å². The van der Waals surface area contributed by atoms with E-state index in [1.54, 1.807) is 45.9 Å². The van der Waals surface area contributed by atoms with Gasteiger partial charge in [-0.15, -0.1) is 20.4 Å². The molecule has 0 amide bonds. The van der Waals surface area contributed by atoms with Crippen molar-refractivity contribution in [2.24, 2.45) is 0 Å². The third kappa shape index (κ3) is 9.59. The fourth-order valence-corrected chi connectivity index (χ4v) is 6.35. The Morgan fingerprint density at radius 3 is 1.53 bits per heavy atom. The average Bonchev–Trinajstić information content (AvgIpc) is 3.65. The highest BCUT2D eigenvalue weighted by atomic mass is 35.5. The van der Waals surface area contributed by atoms with Crippen LogP contribution in [0.25, 0.3) is 9.69 Å². The van der Waals surface area contributed by atoms with Crippen molar-refractivity contribution in [3.05, 3.63) is 91.8 Å². The summed E-state index contributed by atoms with van der Waals surface area (Å²) in [5.74, 6) is 1.69. The molecule has 0 aliphatic carbocycles. The number of nitrogens with one attached hydrogen (secondary N) is 2. The molecule has 0 unspecified atom stereocenters. The van der Waals surface area contributed by atoms with Gasteiger partial charge in [0.05, 0.1) is 35.4 Å². The Kier molecular flexibility index (Phi) is 13.0. The maximum Gasteiger partial charge on any atom is 0.241 e. The molecule has 262 valence electrons. The molecular weight excluding hydrogens is 683 g/mol. The van der Waals surface area contributed by atoms with Crippen molar-refractivity contribution in [1.82, 2.24) is 20.4 Å². The minimum absolute atomic E-state index is 0.0765. The summed E-state index contributed by atoms with van der Waals surface area (Å²) in [4.78, 5) is 6.80. The summed E-state index contributed by atoms with van der Waals surface area (Å²) in [6.45, 7) is 36.1. The number of aliphatic hydroxyl groups excluding tert-OH is 1. The van der Waals surface area contributed by atoms with E-state index in [4.69, 9.17) is 49.6 Å². The normalized spacial score (nSPS) is 14.0. The highest BCUT2D eigenvalue weighted by Gasteiger charge is 2.41. The van der Waals surface area contributed by atoms with E-state index in [9.17, 15) is 5.11 Å². The van der Waals surface area contributed by atoms with Crippen LogP contribution in [0.2, 0.25) is 28.2 Å². The zero-order chi connectivity index (χ0) is 36.8. The first-order valence-electron chi connectivity index (χ1n) is 15.6. The van der Waals surface area contributed by atoms with Gasteiger partial charge >= 0.3 is 0 Å². The van der Waals surface area contributed by atoms with Crippen molar-refractivity contribution >= 4 is 54.3 Å². The second-order valence-electron chi connectivity index (χ2n) is 13.3. The lowest BCUT2D eigenvalue weighted by Gasteiger charge is -2.40. The lowest BCUT2D eigenvalue weighted by molar-refractivity contribution is 0.159. The van der Waals surface area contributed by atoms with E-state index in [1.807, 2.05) is 19.9 Å². The lowest BCUT2D eigenvalue weighted by atomic mass is 10.1. The van der Waals surface area contributed by atoms with Crippen LogP contribution in [-0.2, 0) is 4.43 Å². The maximum absolute atomic E-state index is 9.93. The van der Waals surface area contributed by atoms with Crippen LogP contribution in [0.1, 0.15) is 81.4 Å². The van der Waals surface area contributed by atoms with Gasteiger partial charge in [-0.1, -0.05) is 56.1 Å². The first-order chi connectivity index (χ1) is 22.8. The molecule has 0 spiro atoms. The molecule has 2 heterocycles. The summed E-state index contributed by atoms with van der Waals surface area (Å²) in [6, 6.07) is 6.03. The van der Waals surface area contributed by atoms with Crippen LogP contribution in [-0.4, -0.2) is 46.0 Å². The minimum Gasteiger partial charge on any atom is -0.423 e. The second kappa shape index (κ2) is 16.2. The highest BCUT2D eigenvalue weighted by molar-refractivity contribution is 6.74. The molecule has 2 aromatic heterocycles. The molecule has 0 saturated carbocycles. The lowest BCUT2D eigenvalue weighted by Crippen LogP contribution is -2.45. The molecule has 4 rings (SSSR count). The summed E-state index contributed by atoms with van der Waals surface area (Å²) >= 11 is 12.5. The number of benzene rings is 2. The van der Waals surface area contributed by atoms with Crippen molar-refractivity contribution in [3.8, 4) is 0 Å². The van der Waals surface area contributed by atoms with Crippen LogP contribution in [0, 0.1) is 40.8 Å². The topological polar surface area (TPSA) is 140 Å². The molecule has 0 aliphatic heterocycles.